The van der Waals surface area contributed by atoms with E-state index in [4.69, 9.17) is 0 Å². The van der Waals surface area contributed by atoms with Crippen LogP contribution >= 0.6 is 0 Å². The number of rotatable bonds is 30. The first-order chi connectivity index (χ1) is 19.2. The molecule has 6 nitrogen and oxygen atoms in total. The van der Waals surface area contributed by atoms with E-state index in [0.717, 1.165) is 25.7 Å². The summed E-state index contributed by atoms with van der Waals surface area (Å²) in [7, 11) is 0. The molecule has 0 aliphatic carbocycles. The average Bonchev–Trinajstić information content (AvgIpc) is 2.93. The molecule has 228 valence electrons. The summed E-state index contributed by atoms with van der Waals surface area (Å²) < 4.78 is 0. The number of hydrogen-bond donors (Lipinski definition) is 2. The molecule has 0 aromatic heterocycles. The Morgan fingerprint density at radius 2 is 0.718 bits per heavy atom. The number of hydrogen-bond acceptors (Lipinski definition) is 4. The van der Waals surface area contributed by atoms with Gasteiger partial charge in [0.25, 0.3) is 0 Å². The molecule has 0 saturated heterocycles. The molecule has 0 aliphatic rings. The fraction of sp³-hybridized carbons (Fsp3) is 0.879. The van der Waals surface area contributed by atoms with Gasteiger partial charge in [0.05, 0.1) is 0 Å². The van der Waals surface area contributed by atoms with Gasteiger partial charge < -0.3 is 0 Å². The highest BCUT2D eigenvalue weighted by Gasteiger charge is 2.03. The maximum absolute atomic E-state index is 11.9. The highest BCUT2D eigenvalue weighted by atomic mass is 16.2. The van der Waals surface area contributed by atoms with Crippen molar-refractivity contribution in [2.45, 2.75) is 187 Å². The van der Waals surface area contributed by atoms with E-state index in [0.29, 0.717) is 19.3 Å². The third kappa shape index (κ3) is 32.4. The Labute approximate surface area is 242 Å². The molecule has 0 aromatic carbocycles. The Balaban J connectivity index is 3.41. The van der Waals surface area contributed by atoms with Crippen molar-refractivity contribution in [3.63, 3.8) is 0 Å². The monoisotopic (exact) mass is 549 g/mol. The van der Waals surface area contributed by atoms with Crippen LogP contribution in [0.1, 0.15) is 187 Å². The van der Waals surface area contributed by atoms with Crippen molar-refractivity contribution in [2.75, 3.05) is 0 Å². The first kappa shape index (κ1) is 37.3. The molecule has 39 heavy (non-hydrogen) atoms. The maximum atomic E-state index is 11.9. The highest BCUT2D eigenvalue weighted by Crippen LogP contribution is 2.12. The van der Waals surface area contributed by atoms with Crippen LogP contribution in [0.25, 0.3) is 0 Å². The first-order valence-electron chi connectivity index (χ1n) is 16.8. The Morgan fingerprint density at radius 1 is 0.436 bits per heavy atom. The second kappa shape index (κ2) is 32.5. The van der Waals surface area contributed by atoms with Crippen LogP contribution < -0.4 is 10.9 Å². The third-order valence-electron chi connectivity index (χ3n) is 7.24. The van der Waals surface area contributed by atoms with Gasteiger partial charge in [-0.1, -0.05) is 142 Å². The minimum absolute atomic E-state index is 0.141. The van der Waals surface area contributed by atoms with E-state index in [-0.39, 0.29) is 11.8 Å². The van der Waals surface area contributed by atoms with Crippen molar-refractivity contribution < 1.29 is 9.59 Å². The maximum Gasteiger partial charge on any atom is 0.240 e. The van der Waals surface area contributed by atoms with Gasteiger partial charge in [-0.2, -0.15) is 10.2 Å². The van der Waals surface area contributed by atoms with E-state index in [9.17, 15) is 9.59 Å². The fourth-order valence-electron chi connectivity index (χ4n) is 4.69. The normalized spacial score (nSPS) is 11.5. The number of unbranched alkanes of at least 4 members (excludes halogenated alkanes) is 22. The van der Waals surface area contributed by atoms with Crippen LogP contribution in [0.15, 0.2) is 10.2 Å². The molecule has 0 heterocycles. The van der Waals surface area contributed by atoms with Crippen LogP contribution in [0.2, 0.25) is 0 Å². The summed E-state index contributed by atoms with van der Waals surface area (Å²) in [5.41, 5.74) is 5.13. The van der Waals surface area contributed by atoms with E-state index in [1.54, 1.807) is 12.4 Å². The van der Waals surface area contributed by atoms with Gasteiger partial charge in [0.15, 0.2) is 0 Å². The predicted octanol–water partition coefficient (Wildman–Crippen LogP) is 9.76. The van der Waals surface area contributed by atoms with Crippen molar-refractivity contribution in [2.24, 2.45) is 10.2 Å². The van der Waals surface area contributed by atoms with Crippen LogP contribution in [0.4, 0.5) is 0 Å². The Kier molecular flexibility index (Phi) is 31.1. The molecular weight excluding hydrogens is 484 g/mol. The zero-order valence-corrected chi connectivity index (χ0v) is 26.0. The van der Waals surface area contributed by atoms with Crippen molar-refractivity contribution in [3.05, 3.63) is 0 Å². The van der Waals surface area contributed by atoms with Gasteiger partial charge in [0, 0.05) is 25.3 Å². The molecule has 0 saturated carbocycles. The molecule has 0 bridgehead atoms. The van der Waals surface area contributed by atoms with Gasteiger partial charge in [0.2, 0.25) is 11.8 Å². The molecule has 2 N–H and O–H groups in total. The molecule has 2 amide bonds. The number of carbonyl (C=O) groups is 2. The second-order valence-electron chi connectivity index (χ2n) is 11.2. The summed E-state index contributed by atoms with van der Waals surface area (Å²) in [4.78, 5) is 23.7. The zero-order valence-electron chi connectivity index (χ0n) is 26.0. The van der Waals surface area contributed by atoms with Gasteiger partial charge in [-0.25, -0.2) is 10.9 Å². The topological polar surface area (TPSA) is 82.9 Å². The molecule has 0 spiro atoms. The Morgan fingerprint density at radius 3 is 1.03 bits per heavy atom. The van der Waals surface area contributed by atoms with E-state index in [2.05, 4.69) is 34.9 Å². The quantitative estimate of drug-likeness (QED) is 0.0532. The number of nitrogens with one attached hydrogen (secondary N) is 2. The summed E-state index contributed by atoms with van der Waals surface area (Å²) in [6.07, 6.45) is 35.7. The summed E-state index contributed by atoms with van der Waals surface area (Å²) in [6, 6.07) is 0. The van der Waals surface area contributed by atoms with Crippen molar-refractivity contribution >= 4 is 24.2 Å². The first-order valence-corrected chi connectivity index (χ1v) is 16.8. The highest BCUT2D eigenvalue weighted by molar-refractivity contribution is 5.79. The van der Waals surface area contributed by atoms with Crippen LogP contribution in [-0.2, 0) is 9.59 Å². The SMILES string of the molecule is CCCCCCCCCCCCC/C=N\NC(=O)CCCC(=O)N/N=C/CCCCCCCCCCCCC. The summed E-state index contributed by atoms with van der Waals surface area (Å²) >= 11 is 0. The summed E-state index contributed by atoms with van der Waals surface area (Å²) in [5, 5.41) is 8.05. The lowest BCUT2D eigenvalue weighted by molar-refractivity contribution is -0.122. The molecule has 6 heteroatoms. The van der Waals surface area contributed by atoms with E-state index in [1.165, 1.54) is 128 Å². The summed E-state index contributed by atoms with van der Waals surface area (Å²) in [5.74, 6) is -0.282. The molecule has 0 aliphatic heterocycles. The third-order valence-corrected chi connectivity index (χ3v) is 7.24. The van der Waals surface area contributed by atoms with E-state index in [1.807, 2.05) is 0 Å². The zero-order chi connectivity index (χ0) is 28.5. The molecular formula is C33H64N4O2. The molecule has 0 fully saturated rings. The van der Waals surface area contributed by atoms with E-state index < -0.39 is 0 Å². The van der Waals surface area contributed by atoms with Gasteiger partial charge >= 0.3 is 0 Å². The molecule has 0 atom stereocenters. The smallest absolute Gasteiger partial charge is 0.240 e. The van der Waals surface area contributed by atoms with Crippen LogP contribution in [-0.4, -0.2) is 24.2 Å². The number of nitrogens with zero attached hydrogens (tertiary/aromatic N) is 2. The lowest BCUT2D eigenvalue weighted by Gasteiger charge is -2.02. The molecule has 0 aromatic rings. The molecule has 0 unspecified atom stereocenters. The van der Waals surface area contributed by atoms with Crippen LogP contribution in [0, 0.1) is 0 Å². The second-order valence-corrected chi connectivity index (χ2v) is 11.2. The fourth-order valence-corrected chi connectivity index (χ4v) is 4.69. The summed E-state index contributed by atoms with van der Waals surface area (Å²) in [6.45, 7) is 4.53. The molecule has 0 radical (unpaired) electrons. The minimum atomic E-state index is -0.141. The van der Waals surface area contributed by atoms with Crippen LogP contribution in [0.3, 0.4) is 0 Å². The lowest BCUT2D eigenvalue weighted by Crippen LogP contribution is -2.20. The standard InChI is InChI=1S/C33H64N4O2/c1-3-5-7-9-11-13-15-17-19-21-23-25-30-34-36-32(38)28-27-29-33(39)37-35-31-26-24-22-20-18-16-14-12-10-8-6-4-2/h30-31H,3-29H2,1-2H3,(H,36,38)(H,37,39)/b34-30-,35-31+. The van der Waals surface area contributed by atoms with Crippen molar-refractivity contribution in [1.82, 2.24) is 10.9 Å². The van der Waals surface area contributed by atoms with Gasteiger partial charge in [-0.15, -0.1) is 0 Å². The van der Waals surface area contributed by atoms with Crippen molar-refractivity contribution in [1.29, 1.82) is 0 Å². The van der Waals surface area contributed by atoms with Gasteiger partial charge in [0.1, 0.15) is 0 Å². The number of carbonyl (C=O) groups excluding carboxylic acids is 2. The number of amides is 2. The minimum Gasteiger partial charge on any atom is -0.273 e. The Hall–Kier alpha value is -1.72. The largest absolute Gasteiger partial charge is 0.273 e. The van der Waals surface area contributed by atoms with Crippen molar-refractivity contribution in [3.8, 4) is 0 Å². The van der Waals surface area contributed by atoms with Gasteiger partial charge in [-0.3, -0.25) is 9.59 Å². The van der Waals surface area contributed by atoms with Gasteiger partial charge in [-0.05, 0) is 32.1 Å². The van der Waals surface area contributed by atoms with E-state index >= 15 is 0 Å². The number of hydrazone groups is 2. The Bertz CT molecular complexity index is 542. The average molecular weight is 549 g/mol. The lowest BCUT2D eigenvalue weighted by atomic mass is 10.1. The molecule has 0 rings (SSSR count). The predicted molar refractivity (Wildman–Crippen MR) is 169 cm³/mol. The van der Waals surface area contributed by atoms with Crippen LogP contribution in [0.5, 0.6) is 0 Å².